The van der Waals surface area contributed by atoms with Gasteiger partial charge in [-0.1, -0.05) is 41.4 Å². The fraction of sp³-hybridized carbons (Fsp3) is 0.393. The van der Waals surface area contributed by atoms with Gasteiger partial charge in [0.05, 0.1) is 41.5 Å². The van der Waals surface area contributed by atoms with Crippen molar-refractivity contribution in [2.24, 2.45) is 5.41 Å². The highest BCUT2D eigenvalue weighted by Gasteiger charge is 2.56. The molecule has 2 heterocycles. The van der Waals surface area contributed by atoms with Crippen LogP contribution >= 0.6 is 11.6 Å². The molecule has 0 saturated heterocycles. The quantitative estimate of drug-likeness (QED) is 0.451. The van der Waals surface area contributed by atoms with Gasteiger partial charge < -0.3 is 14.9 Å². The fourth-order valence-corrected chi connectivity index (χ4v) is 4.83. The molecule has 1 unspecified atom stereocenters. The van der Waals surface area contributed by atoms with Crippen molar-refractivity contribution in [1.82, 2.24) is 14.9 Å². The predicted octanol–water partition coefficient (Wildman–Crippen LogP) is 4.45. The molecule has 0 radical (unpaired) electrons. The predicted molar refractivity (Wildman–Crippen MR) is 135 cm³/mol. The zero-order valence-corrected chi connectivity index (χ0v) is 21.7. The lowest BCUT2D eigenvalue weighted by molar-refractivity contribution is -0.131. The Labute approximate surface area is 219 Å². The minimum Gasteiger partial charge on any atom is -0.396 e. The molecule has 2 aliphatic rings. The Balaban J connectivity index is 1.74. The second-order valence-corrected chi connectivity index (χ2v) is 11.0. The number of halogens is 2. The van der Waals surface area contributed by atoms with Crippen molar-refractivity contribution in [3.05, 3.63) is 93.3 Å². The Morgan fingerprint density at radius 2 is 1.81 bits per heavy atom. The molecular formula is C28H29ClFN3O4. The van der Waals surface area contributed by atoms with Crippen LogP contribution in [0.25, 0.3) is 0 Å². The summed E-state index contributed by atoms with van der Waals surface area (Å²) in [7, 11) is 0. The Hall–Kier alpha value is -2.91. The van der Waals surface area contributed by atoms with Crippen molar-refractivity contribution in [1.29, 1.82) is 0 Å². The molecule has 0 spiro atoms. The van der Waals surface area contributed by atoms with Crippen molar-refractivity contribution in [3.63, 3.8) is 0 Å². The van der Waals surface area contributed by atoms with E-state index < -0.39 is 28.5 Å². The first-order valence-electron chi connectivity index (χ1n) is 12.2. The van der Waals surface area contributed by atoms with E-state index in [0.717, 1.165) is 18.4 Å². The SMILES string of the molecule is Cc1ccc(C2(OCC3(CO)CC3)c3c(F)cc(C(C)(C)O)cc3C(=O)N2Cc2ncc(Cl)cn2)cc1. The maximum atomic E-state index is 16.1. The van der Waals surface area contributed by atoms with Crippen LogP contribution in [0.2, 0.25) is 5.02 Å². The monoisotopic (exact) mass is 525 g/mol. The summed E-state index contributed by atoms with van der Waals surface area (Å²) in [5.74, 6) is -0.845. The van der Waals surface area contributed by atoms with Crippen LogP contribution in [0.5, 0.6) is 0 Å². The summed E-state index contributed by atoms with van der Waals surface area (Å²) >= 11 is 5.97. The largest absolute Gasteiger partial charge is 0.396 e. The molecule has 194 valence electrons. The molecule has 1 fully saturated rings. The number of ether oxygens (including phenoxy) is 1. The van der Waals surface area contributed by atoms with Crippen LogP contribution < -0.4 is 0 Å². The van der Waals surface area contributed by atoms with E-state index in [1.807, 2.05) is 31.2 Å². The smallest absolute Gasteiger partial charge is 0.257 e. The zero-order valence-electron chi connectivity index (χ0n) is 21.0. The Bertz CT molecular complexity index is 1340. The summed E-state index contributed by atoms with van der Waals surface area (Å²) in [6.07, 6.45) is 4.41. The molecule has 1 aromatic heterocycles. The average molecular weight is 526 g/mol. The van der Waals surface area contributed by atoms with Crippen LogP contribution in [0.3, 0.4) is 0 Å². The van der Waals surface area contributed by atoms with E-state index in [2.05, 4.69) is 9.97 Å². The van der Waals surface area contributed by atoms with Gasteiger partial charge in [-0.25, -0.2) is 14.4 Å². The summed E-state index contributed by atoms with van der Waals surface area (Å²) in [6, 6.07) is 10.2. The number of aliphatic hydroxyl groups excluding tert-OH is 1. The first-order valence-corrected chi connectivity index (χ1v) is 12.5. The number of rotatable bonds is 8. The highest BCUT2D eigenvalue weighted by Crippen LogP contribution is 2.52. The van der Waals surface area contributed by atoms with Gasteiger partial charge in [0.1, 0.15) is 11.6 Å². The first-order chi connectivity index (χ1) is 17.5. The number of aliphatic hydroxyl groups is 2. The number of carbonyl (C=O) groups excluding carboxylic acids is 1. The van der Waals surface area contributed by atoms with Crippen LogP contribution in [0.4, 0.5) is 4.39 Å². The lowest BCUT2D eigenvalue weighted by Crippen LogP contribution is -2.48. The van der Waals surface area contributed by atoms with Crippen LogP contribution in [0.1, 0.15) is 65.1 Å². The van der Waals surface area contributed by atoms with Crippen LogP contribution in [0.15, 0.2) is 48.8 Å². The maximum Gasteiger partial charge on any atom is 0.257 e. The van der Waals surface area contributed by atoms with Gasteiger partial charge in [0.15, 0.2) is 5.72 Å². The normalized spacial score (nSPS) is 20.3. The third-order valence-electron chi connectivity index (χ3n) is 7.29. The molecule has 2 N–H and O–H groups in total. The number of hydrogen-bond acceptors (Lipinski definition) is 6. The lowest BCUT2D eigenvalue weighted by Gasteiger charge is -2.40. The Kier molecular flexibility index (Phi) is 6.35. The molecule has 1 aliphatic carbocycles. The number of aromatic nitrogens is 2. The highest BCUT2D eigenvalue weighted by atomic mass is 35.5. The summed E-state index contributed by atoms with van der Waals surface area (Å²) < 4.78 is 22.7. The van der Waals surface area contributed by atoms with Crippen molar-refractivity contribution in [3.8, 4) is 0 Å². The molecule has 5 rings (SSSR count). The van der Waals surface area contributed by atoms with Crippen LogP contribution in [-0.2, 0) is 22.6 Å². The molecule has 1 atom stereocenters. The number of fused-ring (bicyclic) bond motifs is 1. The van der Waals surface area contributed by atoms with Gasteiger partial charge in [0, 0.05) is 23.4 Å². The fourth-order valence-electron chi connectivity index (χ4n) is 4.74. The number of aryl methyl sites for hydroxylation is 1. The van der Waals surface area contributed by atoms with E-state index in [9.17, 15) is 15.0 Å². The summed E-state index contributed by atoms with van der Waals surface area (Å²) in [4.78, 5) is 24.0. The number of carbonyl (C=O) groups is 1. The summed E-state index contributed by atoms with van der Waals surface area (Å²) in [6.45, 7) is 4.98. The Morgan fingerprint density at radius 3 is 2.38 bits per heavy atom. The van der Waals surface area contributed by atoms with Gasteiger partial charge in [-0.05, 0) is 51.3 Å². The average Bonchev–Trinajstić information content (AvgIpc) is 3.60. The molecule has 9 heteroatoms. The summed E-state index contributed by atoms with van der Waals surface area (Å²) in [5.41, 5.74) is -1.46. The molecule has 2 aromatic carbocycles. The second kappa shape index (κ2) is 9.13. The van der Waals surface area contributed by atoms with Crippen molar-refractivity contribution in [2.45, 2.75) is 51.5 Å². The minimum absolute atomic E-state index is 0.0667. The molecule has 1 aliphatic heterocycles. The van der Waals surface area contributed by atoms with Crippen LogP contribution in [0, 0.1) is 18.2 Å². The molecule has 37 heavy (non-hydrogen) atoms. The highest BCUT2D eigenvalue weighted by molar-refractivity contribution is 6.30. The van der Waals surface area contributed by atoms with Gasteiger partial charge in [0.25, 0.3) is 5.91 Å². The number of amides is 1. The van der Waals surface area contributed by atoms with E-state index in [-0.39, 0.29) is 36.4 Å². The van der Waals surface area contributed by atoms with E-state index in [0.29, 0.717) is 16.4 Å². The van der Waals surface area contributed by atoms with Crippen molar-refractivity contribution >= 4 is 17.5 Å². The van der Waals surface area contributed by atoms with Gasteiger partial charge >= 0.3 is 0 Å². The van der Waals surface area contributed by atoms with Gasteiger partial charge in [0.2, 0.25) is 0 Å². The van der Waals surface area contributed by atoms with E-state index in [1.165, 1.54) is 43.3 Å². The van der Waals surface area contributed by atoms with Crippen molar-refractivity contribution < 1.29 is 24.1 Å². The first kappa shape index (κ1) is 25.7. The van der Waals surface area contributed by atoms with Gasteiger partial charge in [-0.15, -0.1) is 0 Å². The lowest BCUT2D eigenvalue weighted by atomic mass is 9.88. The minimum atomic E-state index is -1.64. The number of hydrogen-bond donors (Lipinski definition) is 2. The number of benzene rings is 2. The van der Waals surface area contributed by atoms with E-state index >= 15 is 4.39 Å². The second-order valence-electron chi connectivity index (χ2n) is 10.6. The van der Waals surface area contributed by atoms with Gasteiger partial charge in [-0.2, -0.15) is 0 Å². The van der Waals surface area contributed by atoms with E-state index in [4.69, 9.17) is 16.3 Å². The standard InChI is InChI=1S/C28H29ClFN3O4/c1-17-4-6-18(7-5-17)28(37-16-27(15-34)8-9-27)24-21(10-19(11-22(24)30)26(2,3)36)25(35)33(28)14-23-31-12-20(29)13-32-23/h4-7,10-13,34,36H,8-9,14-16H2,1-3H3. The van der Waals surface area contributed by atoms with E-state index in [1.54, 1.807) is 0 Å². The number of nitrogens with zero attached hydrogens (tertiary/aromatic N) is 3. The summed E-state index contributed by atoms with van der Waals surface area (Å²) in [5, 5.41) is 20.9. The topological polar surface area (TPSA) is 95.8 Å². The van der Waals surface area contributed by atoms with Gasteiger partial charge in [-0.3, -0.25) is 9.69 Å². The van der Waals surface area contributed by atoms with Crippen molar-refractivity contribution in [2.75, 3.05) is 13.2 Å². The maximum absolute atomic E-state index is 16.1. The third kappa shape index (κ3) is 4.52. The molecular weight excluding hydrogens is 497 g/mol. The molecule has 1 amide bonds. The molecule has 3 aromatic rings. The Morgan fingerprint density at radius 1 is 1.16 bits per heavy atom. The third-order valence-corrected chi connectivity index (χ3v) is 7.48. The van der Waals surface area contributed by atoms with Crippen LogP contribution in [-0.4, -0.2) is 44.2 Å². The molecule has 1 saturated carbocycles. The molecule has 7 nitrogen and oxygen atoms in total. The zero-order chi connectivity index (χ0) is 26.6. The molecule has 0 bridgehead atoms.